The number of halogens is 1. The minimum Gasteiger partial charge on any atom is -0.344 e. The number of benzene rings is 1. The van der Waals surface area contributed by atoms with Crippen molar-refractivity contribution in [1.82, 2.24) is 18.9 Å². The second-order valence-electron chi connectivity index (χ2n) is 6.03. The third kappa shape index (κ3) is 3.19. The van der Waals surface area contributed by atoms with Gasteiger partial charge in [-0.1, -0.05) is 11.3 Å². The van der Waals surface area contributed by atoms with E-state index in [9.17, 15) is 12.8 Å². The van der Waals surface area contributed by atoms with Crippen LogP contribution in [0, 0.1) is 5.82 Å². The largest absolute Gasteiger partial charge is 0.344 e. The molecule has 3 aromatic rings. The number of sulfonamides is 1. The summed E-state index contributed by atoms with van der Waals surface area (Å²) in [6, 6.07) is 6.20. The van der Waals surface area contributed by atoms with Gasteiger partial charge in [0.15, 0.2) is 0 Å². The molecule has 0 amide bonds. The van der Waals surface area contributed by atoms with Crippen molar-refractivity contribution in [3.05, 3.63) is 36.3 Å². The maximum atomic E-state index is 13.0. The van der Waals surface area contributed by atoms with Crippen LogP contribution in [0.1, 0.15) is 6.92 Å². The van der Waals surface area contributed by atoms with E-state index in [2.05, 4.69) is 15.0 Å². The first kappa shape index (κ1) is 17.4. The first-order valence-corrected chi connectivity index (χ1v) is 10.7. The molecule has 10 heteroatoms. The van der Waals surface area contributed by atoms with Gasteiger partial charge in [-0.05, 0) is 31.2 Å². The number of imidazole rings is 1. The summed E-state index contributed by atoms with van der Waals surface area (Å²) in [6.45, 7) is 3.83. The fourth-order valence-electron chi connectivity index (χ4n) is 2.92. The van der Waals surface area contributed by atoms with Crippen LogP contribution in [-0.4, -0.2) is 59.3 Å². The maximum Gasteiger partial charge on any atom is 0.214 e. The average molecular weight is 395 g/mol. The van der Waals surface area contributed by atoms with Crippen molar-refractivity contribution in [2.75, 3.05) is 36.8 Å². The van der Waals surface area contributed by atoms with Gasteiger partial charge in [0.2, 0.25) is 20.1 Å². The summed E-state index contributed by atoms with van der Waals surface area (Å²) < 4.78 is 40.2. The number of aromatic nitrogens is 3. The Morgan fingerprint density at radius 3 is 2.46 bits per heavy atom. The maximum absolute atomic E-state index is 13.0. The highest BCUT2D eigenvalue weighted by molar-refractivity contribution is 7.89. The van der Waals surface area contributed by atoms with Crippen molar-refractivity contribution in [3.8, 4) is 11.3 Å². The summed E-state index contributed by atoms with van der Waals surface area (Å²) in [5, 5.41) is 5.39. The molecule has 7 nitrogen and oxygen atoms in total. The number of hydrogen-bond acceptors (Lipinski definition) is 6. The van der Waals surface area contributed by atoms with Crippen molar-refractivity contribution in [1.29, 1.82) is 0 Å². The lowest BCUT2D eigenvalue weighted by Gasteiger charge is -2.33. The fraction of sp³-hybridized carbons (Fsp3) is 0.375. The lowest BCUT2D eigenvalue weighted by atomic mass is 10.2. The smallest absolute Gasteiger partial charge is 0.214 e. The Bertz CT molecular complexity index is 989. The van der Waals surface area contributed by atoms with Crippen LogP contribution in [0.4, 0.5) is 9.52 Å². The van der Waals surface area contributed by atoms with Gasteiger partial charge in [0.25, 0.3) is 0 Å². The fourth-order valence-corrected chi connectivity index (χ4v) is 4.94. The predicted octanol–water partition coefficient (Wildman–Crippen LogP) is 2.07. The summed E-state index contributed by atoms with van der Waals surface area (Å²) in [5.41, 5.74) is 1.58. The van der Waals surface area contributed by atoms with E-state index in [4.69, 9.17) is 0 Å². The van der Waals surface area contributed by atoms with Gasteiger partial charge in [-0.2, -0.15) is 4.31 Å². The Hall–Kier alpha value is -2.04. The number of rotatable bonds is 4. The van der Waals surface area contributed by atoms with Crippen LogP contribution in [0.2, 0.25) is 0 Å². The van der Waals surface area contributed by atoms with E-state index < -0.39 is 10.0 Å². The zero-order valence-electron chi connectivity index (χ0n) is 14.2. The SMILES string of the molecule is CCS(=O)(=O)N1CCN(c2nn3cc(-c4ccc(F)cc4)nc3s2)CC1. The summed E-state index contributed by atoms with van der Waals surface area (Å²) in [4.78, 5) is 7.39. The number of anilines is 1. The predicted molar refractivity (Wildman–Crippen MR) is 99.5 cm³/mol. The molecule has 26 heavy (non-hydrogen) atoms. The molecule has 1 fully saturated rings. The lowest BCUT2D eigenvalue weighted by Crippen LogP contribution is -2.49. The van der Waals surface area contributed by atoms with Gasteiger partial charge in [-0.25, -0.2) is 22.3 Å². The Morgan fingerprint density at radius 1 is 1.15 bits per heavy atom. The van der Waals surface area contributed by atoms with Gasteiger partial charge in [0.1, 0.15) is 5.82 Å². The highest BCUT2D eigenvalue weighted by Gasteiger charge is 2.27. The molecule has 138 valence electrons. The molecular formula is C16H18FN5O2S2. The Kier molecular flexibility index (Phi) is 4.41. The summed E-state index contributed by atoms with van der Waals surface area (Å²) in [6.07, 6.45) is 1.82. The molecule has 4 rings (SSSR count). The average Bonchev–Trinajstić information content (AvgIpc) is 3.21. The molecular weight excluding hydrogens is 377 g/mol. The molecule has 0 aliphatic carbocycles. The Morgan fingerprint density at radius 2 is 1.85 bits per heavy atom. The van der Waals surface area contributed by atoms with E-state index in [0.29, 0.717) is 26.2 Å². The molecule has 3 heterocycles. The molecule has 1 aliphatic heterocycles. The van der Waals surface area contributed by atoms with Crippen LogP contribution in [0.25, 0.3) is 16.2 Å². The van der Waals surface area contributed by atoms with Gasteiger partial charge in [0, 0.05) is 31.7 Å². The second kappa shape index (κ2) is 6.60. The van der Waals surface area contributed by atoms with Crippen LogP contribution in [-0.2, 0) is 10.0 Å². The van der Waals surface area contributed by atoms with E-state index in [0.717, 1.165) is 21.3 Å². The Labute approximate surface area is 154 Å². The number of fused-ring (bicyclic) bond motifs is 1. The van der Waals surface area contributed by atoms with E-state index in [-0.39, 0.29) is 11.6 Å². The zero-order valence-corrected chi connectivity index (χ0v) is 15.8. The minimum absolute atomic E-state index is 0.129. The van der Waals surface area contributed by atoms with Gasteiger partial charge in [-0.3, -0.25) is 0 Å². The second-order valence-corrected chi connectivity index (χ2v) is 9.22. The van der Waals surface area contributed by atoms with E-state index in [1.165, 1.54) is 27.8 Å². The normalized spacial score (nSPS) is 16.5. The molecule has 0 spiro atoms. The van der Waals surface area contributed by atoms with Gasteiger partial charge in [0.05, 0.1) is 17.6 Å². The summed E-state index contributed by atoms with van der Waals surface area (Å²) in [7, 11) is -3.13. The molecule has 0 unspecified atom stereocenters. The van der Waals surface area contributed by atoms with Crippen molar-refractivity contribution < 1.29 is 12.8 Å². The van der Waals surface area contributed by atoms with Gasteiger partial charge >= 0.3 is 0 Å². The van der Waals surface area contributed by atoms with Crippen molar-refractivity contribution >= 4 is 31.5 Å². The number of nitrogens with zero attached hydrogens (tertiary/aromatic N) is 5. The quantitative estimate of drug-likeness (QED) is 0.676. The number of hydrogen-bond donors (Lipinski definition) is 0. The van der Waals surface area contributed by atoms with Crippen LogP contribution < -0.4 is 4.90 Å². The summed E-state index contributed by atoms with van der Waals surface area (Å²) in [5.74, 6) is -0.149. The van der Waals surface area contributed by atoms with Crippen LogP contribution in [0.3, 0.4) is 0 Å². The lowest BCUT2D eigenvalue weighted by molar-refractivity contribution is 0.385. The number of piperazine rings is 1. The molecule has 0 bridgehead atoms. The van der Waals surface area contributed by atoms with Crippen LogP contribution in [0.5, 0.6) is 0 Å². The zero-order chi connectivity index (χ0) is 18.3. The molecule has 2 aromatic heterocycles. The molecule has 0 saturated carbocycles. The molecule has 0 N–H and O–H groups in total. The third-order valence-corrected chi connectivity index (χ3v) is 7.30. The van der Waals surface area contributed by atoms with Crippen LogP contribution >= 0.6 is 11.3 Å². The standard InChI is InChI=1S/C16H18FN5O2S2/c1-2-26(23,24)21-9-7-20(8-10-21)16-19-22-11-14(18-15(22)25-16)12-3-5-13(17)6-4-12/h3-6,11H,2,7-10H2,1H3. The van der Waals surface area contributed by atoms with Crippen molar-refractivity contribution in [3.63, 3.8) is 0 Å². The monoisotopic (exact) mass is 395 g/mol. The minimum atomic E-state index is -3.13. The highest BCUT2D eigenvalue weighted by atomic mass is 32.2. The van der Waals surface area contributed by atoms with E-state index in [1.54, 1.807) is 23.6 Å². The molecule has 1 saturated heterocycles. The first-order valence-electron chi connectivity index (χ1n) is 8.31. The topological polar surface area (TPSA) is 70.8 Å². The Balaban J connectivity index is 1.51. The molecule has 1 aliphatic rings. The molecule has 0 radical (unpaired) electrons. The van der Waals surface area contributed by atoms with Crippen molar-refractivity contribution in [2.24, 2.45) is 0 Å². The van der Waals surface area contributed by atoms with E-state index in [1.807, 2.05) is 6.20 Å². The third-order valence-electron chi connectivity index (χ3n) is 4.44. The first-order chi connectivity index (χ1) is 12.5. The van der Waals surface area contributed by atoms with Gasteiger partial charge in [-0.15, -0.1) is 5.10 Å². The van der Waals surface area contributed by atoms with E-state index >= 15 is 0 Å². The highest BCUT2D eigenvalue weighted by Crippen LogP contribution is 2.27. The van der Waals surface area contributed by atoms with Gasteiger partial charge < -0.3 is 4.90 Å². The van der Waals surface area contributed by atoms with Crippen LogP contribution in [0.15, 0.2) is 30.5 Å². The summed E-state index contributed by atoms with van der Waals surface area (Å²) >= 11 is 1.46. The van der Waals surface area contributed by atoms with Crippen molar-refractivity contribution in [2.45, 2.75) is 6.92 Å². The molecule has 0 atom stereocenters. The molecule has 1 aromatic carbocycles.